The molecule has 0 amide bonds. The lowest BCUT2D eigenvalue weighted by molar-refractivity contribution is 0.0770. The SMILES string of the molecule is Cc1nn(Cc2ccccc2Cl)c(C)c1CNCCCOC(C)C. The van der Waals surface area contributed by atoms with E-state index in [1.165, 1.54) is 11.3 Å². The van der Waals surface area contributed by atoms with Gasteiger partial charge >= 0.3 is 0 Å². The highest BCUT2D eigenvalue weighted by Gasteiger charge is 2.12. The number of hydrogen-bond donors (Lipinski definition) is 1. The first-order valence-corrected chi connectivity index (χ1v) is 8.95. The van der Waals surface area contributed by atoms with Crippen LogP contribution in [0.1, 0.15) is 42.8 Å². The third kappa shape index (κ3) is 5.33. The molecule has 0 aliphatic heterocycles. The fourth-order valence-corrected chi connectivity index (χ4v) is 2.86. The second-order valence-electron chi connectivity index (χ2n) is 6.35. The van der Waals surface area contributed by atoms with Crippen molar-refractivity contribution >= 4 is 11.6 Å². The Labute approximate surface area is 150 Å². The average molecular weight is 350 g/mol. The molecule has 0 atom stereocenters. The molecule has 0 saturated carbocycles. The number of rotatable bonds is 9. The van der Waals surface area contributed by atoms with E-state index < -0.39 is 0 Å². The van der Waals surface area contributed by atoms with Crippen molar-refractivity contribution in [3.63, 3.8) is 0 Å². The molecule has 132 valence electrons. The zero-order valence-electron chi connectivity index (χ0n) is 15.1. The molecular formula is C19H28ClN3O. The highest BCUT2D eigenvalue weighted by molar-refractivity contribution is 6.31. The summed E-state index contributed by atoms with van der Waals surface area (Å²) < 4.78 is 7.59. The summed E-state index contributed by atoms with van der Waals surface area (Å²) in [6.07, 6.45) is 1.32. The van der Waals surface area contributed by atoms with Crippen LogP contribution < -0.4 is 5.32 Å². The highest BCUT2D eigenvalue weighted by Crippen LogP contribution is 2.19. The number of aryl methyl sites for hydroxylation is 1. The third-order valence-electron chi connectivity index (χ3n) is 4.06. The van der Waals surface area contributed by atoms with E-state index in [1.807, 2.05) is 28.9 Å². The quantitative estimate of drug-likeness (QED) is 0.692. The van der Waals surface area contributed by atoms with Gasteiger partial charge in [0.15, 0.2) is 0 Å². The van der Waals surface area contributed by atoms with Crippen LogP contribution in [0.2, 0.25) is 5.02 Å². The second-order valence-corrected chi connectivity index (χ2v) is 6.76. The molecule has 1 heterocycles. The van der Waals surface area contributed by atoms with Crippen LogP contribution in [0.25, 0.3) is 0 Å². The van der Waals surface area contributed by atoms with E-state index in [0.717, 1.165) is 42.4 Å². The molecule has 1 N–H and O–H groups in total. The lowest BCUT2D eigenvalue weighted by Crippen LogP contribution is -2.18. The standard InChI is InChI=1S/C19H28ClN3O/c1-14(2)24-11-7-10-21-12-18-15(3)22-23(16(18)4)13-17-8-5-6-9-19(17)20/h5-6,8-9,14,21H,7,10-13H2,1-4H3. The molecule has 0 fully saturated rings. The fraction of sp³-hybridized carbons (Fsp3) is 0.526. The molecule has 2 rings (SSSR count). The van der Waals surface area contributed by atoms with Crippen molar-refractivity contribution < 1.29 is 4.74 Å². The minimum absolute atomic E-state index is 0.303. The Balaban J connectivity index is 1.90. The molecule has 1 aromatic heterocycles. The molecule has 0 unspecified atom stereocenters. The Morgan fingerprint density at radius 1 is 1.25 bits per heavy atom. The first-order chi connectivity index (χ1) is 11.5. The number of nitrogens with zero attached hydrogens (tertiary/aromatic N) is 2. The Morgan fingerprint density at radius 3 is 2.71 bits per heavy atom. The molecule has 2 aromatic rings. The summed E-state index contributed by atoms with van der Waals surface area (Å²) in [7, 11) is 0. The molecule has 5 heteroatoms. The molecule has 0 radical (unpaired) electrons. The van der Waals surface area contributed by atoms with Crippen LogP contribution in [0.3, 0.4) is 0 Å². The number of hydrogen-bond acceptors (Lipinski definition) is 3. The normalized spacial score (nSPS) is 11.4. The van der Waals surface area contributed by atoms with Gasteiger partial charge < -0.3 is 10.1 Å². The summed E-state index contributed by atoms with van der Waals surface area (Å²) in [5.41, 5.74) is 4.63. The van der Waals surface area contributed by atoms with Crippen LogP contribution >= 0.6 is 11.6 Å². The lowest BCUT2D eigenvalue weighted by Gasteiger charge is -2.09. The van der Waals surface area contributed by atoms with Crippen molar-refractivity contribution in [3.8, 4) is 0 Å². The first kappa shape index (κ1) is 19.0. The maximum Gasteiger partial charge on any atom is 0.0677 e. The van der Waals surface area contributed by atoms with Gasteiger partial charge in [-0.15, -0.1) is 0 Å². The molecule has 24 heavy (non-hydrogen) atoms. The first-order valence-electron chi connectivity index (χ1n) is 8.57. The van der Waals surface area contributed by atoms with Crippen LogP contribution in [0.5, 0.6) is 0 Å². The second kappa shape index (κ2) is 9.21. The van der Waals surface area contributed by atoms with Crippen LogP contribution in [-0.4, -0.2) is 29.0 Å². The summed E-state index contributed by atoms with van der Waals surface area (Å²) in [6, 6.07) is 7.93. The fourth-order valence-electron chi connectivity index (χ4n) is 2.66. The molecule has 1 aromatic carbocycles. The van der Waals surface area contributed by atoms with E-state index in [9.17, 15) is 0 Å². The van der Waals surface area contributed by atoms with Crippen molar-refractivity contribution in [1.82, 2.24) is 15.1 Å². The van der Waals surface area contributed by atoms with Gasteiger partial charge in [0, 0.05) is 29.4 Å². The molecule has 0 spiro atoms. The predicted molar refractivity (Wildman–Crippen MR) is 99.7 cm³/mol. The van der Waals surface area contributed by atoms with Crippen LogP contribution in [0.15, 0.2) is 24.3 Å². The van der Waals surface area contributed by atoms with Crippen molar-refractivity contribution in [3.05, 3.63) is 51.8 Å². The summed E-state index contributed by atoms with van der Waals surface area (Å²) in [6.45, 7) is 11.6. The van der Waals surface area contributed by atoms with Crippen LogP contribution in [0.4, 0.5) is 0 Å². The van der Waals surface area contributed by atoms with E-state index in [2.05, 4.69) is 38.1 Å². The maximum atomic E-state index is 6.26. The summed E-state index contributed by atoms with van der Waals surface area (Å²) in [4.78, 5) is 0. The predicted octanol–water partition coefficient (Wildman–Crippen LogP) is 4.11. The van der Waals surface area contributed by atoms with Crippen LogP contribution in [0, 0.1) is 13.8 Å². The van der Waals surface area contributed by atoms with E-state index in [1.54, 1.807) is 0 Å². The van der Waals surface area contributed by atoms with Crippen LogP contribution in [-0.2, 0) is 17.8 Å². The number of halogens is 1. The van der Waals surface area contributed by atoms with Gasteiger partial charge in [-0.2, -0.15) is 5.10 Å². The minimum atomic E-state index is 0.303. The topological polar surface area (TPSA) is 39.1 Å². The zero-order chi connectivity index (χ0) is 17.5. The van der Waals surface area contributed by atoms with Crippen molar-refractivity contribution in [1.29, 1.82) is 0 Å². The molecule has 4 nitrogen and oxygen atoms in total. The summed E-state index contributed by atoms with van der Waals surface area (Å²) in [5, 5.41) is 8.95. The molecule has 0 bridgehead atoms. The molecular weight excluding hydrogens is 322 g/mol. The van der Waals surface area contributed by atoms with Crippen molar-refractivity contribution in [2.45, 2.75) is 53.3 Å². The third-order valence-corrected chi connectivity index (χ3v) is 4.43. The average Bonchev–Trinajstić information content (AvgIpc) is 2.79. The number of nitrogens with one attached hydrogen (secondary N) is 1. The van der Waals surface area contributed by atoms with Gasteiger partial charge in [-0.25, -0.2) is 0 Å². The largest absolute Gasteiger partial charge is 0.379 e. The lowest BCUT2D eigenvalue weighted by atomic mass is 10.2. The monoisotopic (exact) mass is 349 g/mol. The van der Waals surface area contributed by atoms with E-state index in [-0.39, 0.29) is 0 Å². The summed E-state index contributed by atoms with van der Waals surface area (Å²) in [5.74, 6) is 0. The van der Waals surface area contributed by atoms with Crippen molar-refractivity contribution in [2.24, 2.45) is 0 Å². The van der Waals surface area contributed by atoms with E-state index >= 15 is 0 Å². The van der Waals surface area contributed by atoms with Gasteiger partial charge in [0.1, 0.15) is 0 Å². The Hall–Kier alpha value is -1.36. The van der Waals surface area contributed by atoms with E-state index in [0.29, 0.717) is 12.6 Å². The summed E-state index contributed by atoms with van der Waals surface area (Å²) >= 11 is 6.26. The Kier molecular flexibility index (Phi) is 7.28. The number of ether oxygens (including phenoxy) is 1. The Bertz CT molecular complexity index is 652. The zero-order valence-corrected chi connectivity index (χ0v) is 15.9. The molecule has 0 saturated heterocycles. The van der Waals surface area contributed by atoms with Gasteiger partial charge in [-0.3, -0.25) is 4.68 Å². The van der Waals surface area contributed by atoms with Gasteiger partial charge in [-0.1, -0.05) is 29.8 Å². The van der Waals surface area contributed by atoms with Gasteiger partial charge in [-0.05, 0) is 52.3 Å². The highest BCUT2D eigenvalue weighted by atomic mass is 35.5. The number of benzene rings is 1. The van der Waals surface area contributed by atoms with Gasteiger partial charge in [0.05, 0.1) is 18.3 Å². The van der Waals surface area contributed by atoms with Gasteiger partial charge in [0.25, 0.3) is 0 Å². The Morgan fingerprint density at radius 2 is 2.00 bits per heavy atom. The minimum Gasteiger partial charge on any atom is -0.379 e. The number of aromatic nitrogens is 2. The van der Waals surface area contributed by atoms with Gasteiger partial charge in [0.2, 0.25) is 0 Å². The van der Waals surface area contributed by atoms with E-state index in [4.69, 9.17) is 16.3 Å². The molecule has 0 aliphatic carbocycles. The molecule has 0 aliphatic rings. The smallest absolute Gasteiger partial charge is 0.0677 e. The van der Waals surface area contributed by atoms with Crippen molar-refractivity contribution in [2.75, 3.05) is 13.2 Å². The maximum absolute atomic E-state index is 6.26.